The van der Waals surface area contributed by atoms with Crippen molar-refractivity contribution in [2.24, 2.45) is 0 Å². The number of thioether (sulfide) groups is 1. The van der Waals surface area contributed by atoms with Crippen LogP contribution in [0.1, 0.15) is 22.8 Å². The molecule has 3 amide bonds. The van der Waals surface area contributed by atoms with Gasteiger partial charge in [-0.2, -0.15) is 0 Å². The summed E-state index contributed by atoms with van der Waals surface area (Å²) in [5.41, 5.74) is 2.97. The molecule has 0 spiro atoms. The minimum Gasteiger partial charge on any atom is -0.497 e. The highest BCUT2D eigenvalue weighted by Gasteiger charge is 2.19. The summed E-state index contributed by atoms with van der Waals surface area (Å²) in [6.45, 7) is 1.79. The Bertz CT molecular complexity index is 1980. The van der Waals surface area contributed by atoms with Gasteiger partial charge in [0, 0.05) is 38.7 Å². The number of benzene rings is 4. The highest BCUT2D eigenvalue weighted by molar-refractivity contribution is 8.00. The molecule has 49 heavy (non-hydrogen) atoms. The molecular formula is C37H34N4O6S2. The van der Waals surface area contributed by atoms with Crippen molar-refractivity contribution in [3.05, 3.63) is 119 Å². The van der Waals surface area contributed by atoms with E-state index in [1.807, 2.05) is 35.7 Å². The zero-order valence-corrected chi connectivity index (χ0v) is 28.8. The van der Waals surface area contributed by atoms with Crippen LogP contribution in [0.3, 0.4) is 0 Å². The topological polar surface area (TPSA) is 128 Å². The van der Waals surface area contributed by atoms with Gasteiger partial charge in [-0.05, 0) is 67.6 Å². The van der Waals surface area contributed by atoms with Crippen molar-refractivity contribution in [3.63, 3.8) is 0 Å². The first kappa shape index (κ1) is 34.7. The number of rotatable bonds is 13. The number of nitrogens with one attached hydrogen (secondary N) is 3. The van der Waals surface area contributed by atoms with E-state index in [4.69, 9.17) is 14.2 Å². The number of ether oxygens (including phenoxy) is 3. The van der Waals surface area contributed by atoms with Crippen LogP contribution in [-0.2, 0) is 9.59 Å². The van der Waals surface area contributed by atoms with Crippen molar-refractivity contribution in [1.29, 1.82) is 0 Å². The monoisotopic (exact) mass is 694 g/mol. The largest absolute Gasteiger partial charge is 0.497 e. The second-order valence-electron chi connectivity index (χ2n) is 10.5. The van der Waals surface area contributed by atoms with Crippen LogP contribution in [0.15, 0.2) is 113 Å². The summed E-state index contributed by atoms with van der Waals surface area (Å²) in [7, 11) is 4.66. The normalized spacial score (nSPS) is 11.6. The predicted octanol–water partition coefficient (Wildman–Crippen LogP) is 7.36. The molecule has 4 aromatic carbocycles. The smallest absolute Gasteiger partial charge is 0.272 e. The van der Waals surface area contributed by atoms with E-state index < -0.39 is 17.1 Å². The van der Waals surface area contributed by atoms with E-state index in [9.17, 15) is 14.4 Å². The molecule has 0 fully saturated rings. The van der Waals surface area contributed by atoms with Gasteiger partial charge < -0.3 is 30.2 Å². The van der Waals surface area contributed by atoms with Crippen molar-refractivity contribution >= 4 is 57.7 Å². The number of para-hydroxylation sites is 1. The summed E-state index contributed by atoms with van der Waals surface area (Å²) in [5, 5.41) is 10.4. The van der Waals surface area contributed by atoms with Crippen LogP contribution in [0.4, 0.5) is 10.8 Å². The first-order valence-corrected chi connectivity index (χ1v) is 16.8. The highest BCUT2D eigenvalue weighted by Crippen LogP contribution is 2.33. The van der Waals surface area contributed by atoms with Gasteiger partial charge >= 0.3 is 0 Å². The SMILES string of the molecule is COc1ccc(/C=C(/NC(=O)c2ccccc2)C(=O)Nc2cccc(SC(C)C(=O)Nc3nc(-c4ccccc4OC)cs3)c2)c(OC)c1. The van der Waals surface area contributed by atoms with E-state index in [1.165, 1.54) is 36.3 Å². The van der Waals surface area contributed by atoms with Gasteiger partial charge in [0.25, 0.3) is 11.8 Å². The molecule has 5 aromatic rings. The van der Waals surface area contributed by atoms with Crippen LogP contribution in [0.2, 0.25) is 0 Å². The Morgan fingerprint density at radius 2 is 1.57 bits per heavy atom. The Morgan fingerprint density at radius 3 is 2.33 bits per heavy atom. The lowest BCUT2D eigenvalue weighted by atomic mass is 10.1. The van der Waals surface area contributed by atoms with Gasteiger partial charge in [0.05, 0.1) is 32.3 Å². The molecule has 0 aliphatic heterocycles. The molecule has 12 heteroatoms. The Morgan fingerprint density at radius 1 is 0.816 bits per heavy atom. The summed E-state index contributed by atoms with van der Waals surface area (Å²) >= 11 is 2.66. The van der Waals surface area contributed by atoms with Crippen molar-refractivity contribution in [1.82, 2.24) is 10.3 Å². The zero-order valence-electron chi connectivity index (χ0n) is 27.2. The maximum atomic E-state index is 13.7. The number of aromatic nitrogens is 1. The second kappa shape index (κ2) is 16.5. The lowest BCUT2D eigenvalue weighted by molar-refractivity contribution is -0.115. The fourth-order valence-electron chi connectivity index (χ4n) is 4.66. The van der Waals surface area contributed by atoms with Gasteiger partial charge in [0.2, 0.25) is 5.91 Å². The lowest BCUT2D eigenvalue weighted by Gasteiger charge is -2.14. The molecule has 0 bridgehead atoms. The van der Waals surface area contributed by atoms with Crippen molar-refractivity contribution in [2.75, 3.05) is 32.0 Å². The summed E-state index contributed by atoms with van der Waals surface area (Å²) in [6.07, 6.45) is 1.54. The number of methoxy groups -OCH3 is 3. The Labute approximate surface area is 292 Å². The first-order valence-electron chi connectivity index (χ1n) is 15.1. The molecule has 0 saturated heterocycles. The van der Waals surface area contributed by atoms with Gasteiger partial charge in [0.1, 0.15) is 22.9 Å². The number of carbonyl (C=O) groups is 3. The fourth-order valence-corrected chi connectivity index (χ4v) is 6.30. The molecule has 3 N–H and O–H groups in total. The highest BCUT2D eigenvalue weighted by atomic mass is 32.2. The van der Waals surface area contributed by atoms with E-state index in [-0.39, 0.29) is 11.6 Å². The molecule has 1 unspecified atom stereocenters. The number of nitrogens with zero attached hydrogens (tertiary/aromatic N) is 1. The average molecular weight is 695 g/mol. The minimum atomic E-state index is -0.551. The van der Waals surface area contributed by atoms with Crippen LogP contribution in [-0.4, -0.2) is 49.3 Å². The molecule has 10 nitrogen and oxygen atoms in total. The molecule has 0 saturated carbocycles. The zero-order chi connectivity index (χ0) is 34.8. The fraction of sp³-hybridized carbons (Fsp3) is 0.135. The third-order valence-corrected chi connectivity index (χ3v) is 9.01. The van der Waals surface area contributed by atoms with E-state index in [0.717, 1.165) is 10.5 Å². The quantitative estimate of drug-likeness (QED) is 0.0862. The maximum Gasteiger partial charge on any atom is 0.272 e. The van der Waals surface area contributed by atoms with Crippen molar-refractivity contribution in [3.8, 4) is 28.5 Å². The van der Waals surface area contributed by atoms with Gasteiger partial charge in [-0.25, -0.2) is 4.98 Å². The number of anilines is 2. The Hall–Kier alpha value is -5.59. The van der Waals surface area contributed by atoms with Crippen LogP contribution in [0, 0.1) is 0 Å². The molecule has 1 heterocycles. The van der Waals surface area contributed by atoms with Crippen LogP contribution < -0.4 is 30.2 Å². The molecular weight excluding hydrogens is 661 g/mol. The number of hydrogen-bond acceptors (Lipinski definition) is 9. The summed E-state index contributed by atoms with van der Waals surface area (Å²) in [4.78, 5) is 45.2. The molecule has 1 aromatic heterocycles. The molecule has 0 aliphatic rings. The van der Waals surface area contributed by atoms with E-state index in [0.29, 0.717) is 44.9 Å². The molecule has 0 radical (unpaired) electrons. The minimum absolute atomic E-state index is 0.000869. The average Bonchev–Trinajstić information content (AvgIpc) is 3.59. The first-order chi connectivity index (χ1) is 23.8. The molecule has 0 aliphatic carbocycles. The van der Waals surface area contributed by atoms with Crippen LogP contribution in [0.25, 0.3) is 17.3 Å². The summed E-state index contributed by atoms with van der Waals surface area (Å²) in [5.74, 6) is 0.511. The second-order valence-corrected chi connectivity index (χ2v) is 12.7. The van der Waals surface area contributed by atoms with Gasteiger partial charge in [0.15, 0.2) is 5.13 Å². The van der Waals surface area contributed by atoms with Crippen LogP contribution >= 0.6 is 23.1 Å². The Kier molecular flexibility index (Phi) is 11.7. The van der Waals surface area contributed by atoms with Gasteiger partial charge in [-0.15, -0.1) is 23.1 Å². The number of carbonyl (C=O) groups excluding carboxylic acids is 3. The number of amides is 3. The molecule has 250 valence electrons. The van der Waals surface area contributed by atoms with E-state index in [2.05, 4.69) is 20.9 Å². The van der Waals surface area contributed by atoms with E-state index in [1.54, 1.807) is 87.9 Å². The van der Waals surface area contributed by atoms with Crippen molar-refractivity contribution in [2.45, 2.75) is 17.1 Å². The van der Waals surface area contributed by atoms with Gasteiger partial charge in [-0.1, -0.05) is 36.4 Å². The maximum absolute atomic E-state index is 13.7. The molecule has 5 rings (SSSR count). The van der Waals surface area contributed by atoms with Crippen molar-refractivity contribution < 1.29 is 28.6 Å². The lowest BCUT2D eigenvalue weighted by Crippen LogP contribution is -2.30. The number of thiazole rings is 1. The summed E-state index contributed by atoms with van der Waals surface area (Å²) < 4.78 is 16.2. The van der Waals surface area contributed by atoms with Gasteiger partial charge in [-0.3, -0.25) is 14.4 Å². The third kappa shape index (κ3) is 9.06. The van der Waals surface area contributed by atoms with E-state index >= 15 is 0 Å². The summed E-state index contributed by atoms with van der Waals surface area (Å²) in [6, 6.07) is 28.4. The Balaban J connectivity index is 1.29. The third-order valence-electron chi connectivity index (χ3n) is 7.16. The predicted molar refractivity (Wildman–Crippen MR) is 195 cm³/mol. The molecule has 1 atom stereocenters. The standard InChI is InChI=1S/C37H34N4O6S2/c1-23(34(42)41-37-40-31(22-48-37)29-15-8-9-16-32(29)46-3)49-28-14-10-13-26(20-28)38-36(44)30(39-35(43)24-11-6-5-7-12-24)19-25-17-18-27(45-2)21-33(25)47-4/h5-23H,1-4H3,(H,38,44)(H,39,43)(H,40,41,42)/b30-19+. The van der Waals surface area contributed by atoms with Crippen LogP contribution in [0.5, 0.6) is 17.2 Å². The number of hydrogen-bond donors (Lipinski definition) is 3.